The highest BCUT2D eigenvalue weighted by Gasteiger charge is 2.19. The summed E-state index contributed by atoms with van der Waals surface area (Å²) in [4.78, 5) is 37.8. The van der Waals surface area contributed by atoms with Crippen LogP contribution in [0.15, 0.2) is 122 Å². The molecule has 1 unspecified atom stereocenters. The molecule has 6 heteroatoms. The van der Waals surface area contributed by atoms with Crippen LogP contribution in [0.25, 0.3) is 0 Å². The number of ether oxygens (including phenoxy) is 3. The quantitative estimate of drug-likeness (QED) is 0.0201. The third kappa shape index (κ3) is 44.9. The second-order valence-electron chi connectivity index (χ2n) is 15.1. The number of hydrogen-bond donors (Lipinski definition) is 0. The van der Waals surface area contributed by atoms with Crippen LogP contribution >= 0.6 is 0 Å². The predicted octanol–water partition coefficient (Wildman–Crippen LogP) is 15.4. The van der Waals surface area contributed by atoms with Gasteiger partial charge in [-0.2, -0.15) is 0 Å². The van der Waals surface area contributed by atoms with Crippen LogP contribution in [0.3, 0.4) is 0 Å². The van der Waals surface area contributed by atoms with E-state index in [0.29, 0.717) is 19.3 Å². The summed E-state index contributed by atoms with van der Waals surface area (Å²) in [6.45, 7) is 6.25. The molecule has 0 spiro atoms. The van der Waals surface area contributed by atoms with Gasteiger partial charge in [0.15, 0.2) is 6.10 Å². The van der Waals surface area contributed by atoms with Crippen LogP contribution in [0.2, 0.25) is 0 Å². The summed E-state index contributed by atoms with van der Waals surface area (Å²) in [6, 6.07) is 0. The average molecular weight is 829 g/mol. The maximum atomic E-state index is 12.7. The highest BCUT2D eigenvalue weighted by atomic mass is 16.6. The molecule has 0 bridgehead atoms. The molecule has 0 aromatic rings. The van der Waals surface area contributed by atoms with E-state index in [1.807, 2.05) is 72.9 Å². The Labute approximate surface area is 367 Å². The van der Waals surface area contributed by atoms with Gasteiger partial charge in [-0.1, -0.05) is 219 Å². The molecule has 0 fully saturated rings. The summed E-state index contributed by atoms with van der Waals surface area (Å²) in [6.07, 6.45) is 64.7. The molecule has 0 radical (unpaired) electrons. The monoisotopic (exact) mass is 829 g/mol. The van der Waals surface area contributed by atoms with E-state index in [0.717, 1.165) is 77.0 Å². The highest BCUT2D eigenvalue weighted by molar-refractivity contribution is 5.71. The Morgan fingerprint density at radius 2 is 0.750 bits per heavy atom. The minimum atomic E-state index is -0.817. The Bertz CT molecular complexity index is 1320. The second kappa shape index (κ2) is 47.5. The van der Waals surface area contributed by atoms with E-state index < -0.39 is 6.10 Å². The molecule has 0 aliphatic carbocycles. The number of allylic oxidation sites excluding steroid dienone is 20. The summed E-state index contributed by atoms with van der Waals surface area (Å²) in [7, 11) is 0. The third-order valence-electron chi connectivity index (χ3n) is 9.41. The molecule has 336 valence electrons. The van der Waals surface area contributed by atoms with Crippen LogP contribution < -0.4 is 0 Å². The molecule has 0 amide bonds. The van der Waals surface area contributed by atoms with Gasteiger partial charge in [-0.05, 0) is 64.2 Å². The van der Waals surface area contributed by atoms with Crippen LogP contribution in [0.1, 0.15) is 181 Å². The normalized spacial score (nSPS) is 13.2. The third-order valence-corrected chi connectivity index (χ3v) is 9.41. The smallest absolute Gasteiger partial charge is 0.306 e. The number of hydrogen-bond acceptors (Lipinski definition) is 6. The van der Waals surface area contributed by atoms with Gasteiger partial charge >= 0.3 is 17.9 Å². The molecule has 0 aliphatic heterocycles. The lowest BCUT2D eigenvalue weighted by Gasteiger charge is -2.18. The van der Waals surface area contributed by atoms with Crippen LogP contribution in [-0.4, -0.2) is 37.2 Å². The van der Waals surface area contributed by atoms with E-state index in [-0.39, 0.29) is 37.5 Å². The number of carbonyl (C=O) groups excluding carboxylic acids is 3. The standard InChI is InChI=1S/C54H84O6/c1-4-7-10-13-16-19-22-24-25-26-27-28-29-30-33-35-38-41-44-47-53(56)59-50-51(49-58-52(55)46-43-40-37-34-31-21-18-15-12-9-6-3)60-54(57)48-45-42-39-36-32-23-20-17-14-11-8-5-2/h7,9-10,12-13,16,18-19,21-22,24-30,33-34,37,51H,4-6,8,11,14-15,17,20,23,31-32,35-36,38-50H2,1-3H3/b10-7-,12-9-,16-13-,21-18-,22-19-,25-24-,27-26+,29-28-,33-30-,37-34-. The fraction of sp³-hybridized carbons (Fsp3) is 0.574. The minimum absolute atomic E-state index is 0.120. The first-order valence-electron chi connectivity index (χ1n) is 23.6. The van der Waals surface area contributed by atoms with E-state index >= 15 is 0 Å². The first kappa shape index (κ1) is 55.8. The van der Waals surface area contributed by atoms with Gasteiger partial charge in [0.2, 0.25) is 0 Å². The molecule has 0 rings (SSSR count). The van der Waals surface area contributed by atoms with E-state index in [4.69, 9.17) is 14.2 Å². The maximum absolute atomic E-state index is 12.7. The molecule has 0 saturated carbocycles. The van der Waals surface area contributed by atoms with Crippen molar-refractivity contribution in [2.75, 3.05) is 13.2 Å². The first-order chi connectivity index (χ1) is 29.5. The van der Waals surface area contributed by atoms with Crippen molar-refractivity contribution in [3.8, 4) is 0 Å². The summed E-state index contributed by atoms with van der Waals surface area (Å²) in [5.41, 5.74) is 0. The number of rotatable bonds is 40. The van der Waals surface area contributed by atoms with Crippen LogP contribution in [0, 0.1) is 0 Å². The van der Waals surface area contributed by atoms with Crippen molar-refractivity contribution in [1.29, 1.82) is 0 Å². The van der Waals surface area contributed by atoms with Crippen molar-refractivity contribution >= 4 is 17.9 Å². The highest BCUT2D eigenvalue weighted by Crippen LogP contribution is 2.14. The molecule has 0 aliphatic rings. The van der Waals surface area contributed by atoms with Crippen molar-refractivity contribution < 1.29 is 28.6 Å². The van der Waals surface area contributed by atoms with Crippen LogP contribution in [0.4, 0.5) is 0 Å². The van der Waals surface area contributed by atoms with Crippen molar-refractivity contribution in [3.05, 3.63) is 122 Å². The molecule has 0 saturated heterocycles. The summed E-state index contributed by atoms with van der Waals surface area (Å²) in [5, 5.41) is 0. The average Bonchev–Trinajstić information content (AvgIpc) is 3.24. The van der Waals surface area contributed by atoms with E-state index in [1.165, 1.54) is 57.8 Å². The molecule has 0 aromatic carbocycles. The fourth-order valence-corrected chi connectivity index (χ4v) is 5.92. The number of unbranched alkanes of at least 4 members (excludes halogenated alkanes) is 15. The van der Waals surface area contributed by atoms with Gasteiger partial charge in [-0.25, -0.2) is 0 Å². The van der Waals surface area contributed by atoms with E-state index in [9.17, 15) is 14.4 Å². The first-order valence-corrected chi connectivity index (χ1v) is 23.6. The van der Waals surface area contributed by atoms with Crippen molar-refractivity contribution in [3.63, 3.8) is 0 Å². The van der Waals surface area contributed by atoms with E-state index in [1.54, 1.807) is 0 Å². The molecule has 6 nitrogen and oxygen atoms in total. The Hall–Kier alpha value is -4.19. The zero-order chi connectivity index (χ0) is 43.7. The SMILES string of the molecule is CC\C=C/C=C\C=C/C=C\C=C\C=C/C=C\CCCCCC(=O)OCC(COC(=O)CCC/C=C\C/C=C\C/C=C\CC)OC(=O)CCCCCCCCCCCCCC. The number of carbonyl (C=O) groups is 3. The second-order valence-corrected chi connectivity index (χ2v) is 15.1. The molecule has 1 atom stereocenters. The lowest BCUT2D eigenvalue weighted by Crippen LogP contribution is -2.30. The lowest BCUT2D eigenvalue weighted by atomic mass is 10.0. The molecular weight excluding hydrogens is 745 g/mol. The fourth-order valence-electron chi connectivity index (χ4n) is 5.92. The Kier molecular flexibility index (Phi) is 44.2. The van der Waals surface area contributed by atoms with Gasteiger partial charge in [0.25, 0.3) is 0 Å². The number of esters is 3. The molecule has 60 heavy (non-hydrogen) atoms. The summed E-state index contributed by atoms with van der Waals surface area (Å²) in [5.74, 6) is -1.03. The van der Waals surface area contributed by atoms with Gasteiger partial charge in [0.1, 0.15) is 13.2 Å². The Morgan fingerprint density at radius 1 is 0.367 bits per heavy atom. The molecule has 0 heterocycles. The van der Waals surface area contributed by atoms with Gasteiger partial charge < -0.3 is 14.2 Å². The van der Waals surface area contributed by atoms with Crippen molar-refractivity contribution in [1.82, 2.24) is 0 Å². The van der Waals surface area contributed by atoms with Crippen LogP contribution in [0.5, 0.6) is 0 Å². The van der Waals surface area contributed by atoms with Crippen molar-refractivity contribution in [2.24, 2.45) is 0 Å². The Balaban J connectivity index is 4.54. The molecule has 0 aromatic heterocycles. The Morgan fingerprint density at radius 3 is 1.27 bits per heavy atom. The van der Waals surface area contributed by atoms with Gasteiger partial charge in [0.05, 0.1) is 0 Å². The summed E-state index contributed by atoms with van der Waals surface area (Å²) >= 11 is 0. The predicted molar refractivity (Wildman–Crippen MR) is 256 cm³/mol. The van der Waals surface area contributed by atoms with Gasteiger partial charge in [-0.3, -0.25) is 14.4 Å². The van der Waals surface area contributed by atoms with Crippen molar-refractivity contribution in [2.45, 2.75) is 187 Å². The minimum Gasteiger partial charge on any atom is -0.462 e. The summed E-state index contributed by atoms with van der Waals surface area (Å²) < 4.78 is 16.6. The van der Waals surface area contributed by atoms with Gasteiger partial charge in [0, 0.05) is 19.3 Å². The van der Waals surface area contributed by atoms with Crippen LogP contribution in [-0.2, 0) is 28.6 Å². The van der Waals surface area contributed by atoms with Gasteiger partial charge in [-0.15, -0.1) is 0 Å². The van der Waals surface area contributed by atoms with E-state index in [2.05, 4.69) is 69.4 Å². The zero-order valence-corrected chi connectivity index (χ0v) is 38.2. The zero-order valence-electron chi connectivity index (χ0n) is 38.2. The molecular formula is C54H84O6. The molecule has 0 N–H and O–H groups in total. The lowest BCUT2D eigenvalue weighted by molar-refractivity contribution is -0.167. The maximum Gasteiger partial charge on any atom is 0.306 e. The topological polar surface area (TPSA) is 78.9 Å². The largest absolute Gasteiger partial charge is 0.462 e.